The first-order valence-electron chi connectivity index (χ1n) is 2.77. The number of rotatable bonds is 1. The normalized spacial score (nSPS) is 20.7. The van der Waals surface area contributed by atoms with Gasteiger partial charge in [-0.3, -0.25) is 10.4 Å². The van der Waals surface area contributed by atoms with Crippen molar-refractivity contribution >= 4 is 18.9 Å². The molecular formula is C6H8N4. The van der Waals surface area contributed by atoms with E-state index < -0.39 is 0 Å². The van der Waals surface area contributed by atoms with Crippen LogP contribution in [0, 0.1) is 5.41 Å². The van der Waals surface area contributed by atoms with Crippen LogP contribution in [0.4, 0.5) is 0 Å². The summed E-state index contributed by atoms with van der Waals surface area (Å²) < 4.78 is 0. The molecule has 52 valence electrons. The zero-order chi connectivity index (χ0) is 7.56. The van der Waals surface area contributed by atoms with Gasteiger partial charge in [0.2, 0.25) is 0 Å². The van der Waals surface area contributed by atoms with Crippen molar-refractivity contribution in [3.05, 3.63) is 11.9 Å². The summed E-state index contributed by atoms with van der Waals surface area (Å²) >= 11 is 0. The van der Waals surface area contributed by atoms with Crippen LogP contribution in [0.3, 0.4) is 0 Å². The van der Waals surface area contributed by atoms with E-state index in [9.17, 15) is 0 Å². The van der Waals surface area contributed by atoms with Gasteiger partial charge in [-0.2, -0.15) is 0 Å². The first kappa shape index (κ1) is 6.67. The van der Waals surface area contributed by atoms with E-state index in [2.05, 4.69) is 16.7 Å². The maximum atomic E-state index is 7.36. The van der Waals surface area contributed by atoms with Crippen molar-refractivity contribution in [2.75, 3.05) is 7.05 Å². The van der Waals surface area contributed by atoms with Crippen molar-refractivity contribution in [2.24, 2.45) is 9.98 Å². The Morgan fingerprint density at radius 3 is 3.00 bits per heavy atom. The van der Waals surface area contributed by atoms with Gasteiger partial charge >= 0.3 is 0 Å². The van der Waals surface area contributed by atoms with Crippen molar-refractivity contribution < 1.29 is 0 Å². The quantitative estimate of drug-likeness (QED) is 0.524. The third-order valence-corrected chi connectivity index (χ3v) is 1.18. The van der Waals surface area contributed by atoms with Gasteiger partial charge in [0.1, 0.15) is 5.70 Å². The van der Waals surface area contributed by atoms with Gasteiger partial charge in [-0.1, -0.05) is 0 Å². The third-order valence-electron chi connectivity index (χ3n) is 1.18. The second-order valence-electron chi connectivity index (χ2n) is 1.90. The molecule has 10 heavy (non-hydrogen) atoms. The van der Waals surface area contributed by atoms with Crippen molar-refractivity contribution in [1.29, 1.82) is 5.41 Å². The van der Waals surface area contributed by atoms with Crippen LogP contribution in [0.5, 0.6) is 0 Å². The highest BCUT2D eigenvalue weighted by atomic mass is 15.2. The van der Waals surface area contributed by atoms with E-state index in [4.69, 9.17) is 5.41 Å². The number of amidine groups is 1. The minimum Gasteiger partial charge on any atom is -0.319 e. The van der Waals surface area contributed by atoms with E-state index in [1.54, 1.807) is 18.3 Å². The lowest BCUT2D eigenvalue weighted by Gasteiger charge is -2.03. The number of nitrogens with zero attached hydrogens (tertiary/aromatic N) is 3. The zero-order valence-corrected chi connectivity index (χ0v) is 5.70. The second-order valence-corrected chi connectivity index (χ2v) is 1.90. The molecule has 4 nitrogen and oxygen atoms in total. The number of hydrogen-bond acceptors (Lipinski definition) is 3. The Labute approximate surface area is 59.1 Å². The molecule has 1 aliphatic heterocycles. The molecule has 0 aromatic rings. The Hall–Kier alpha value is -1.45. The van der Waals surface area contributed by atoms with Crippen molar-refractivity contribution in [3.8, 4) is 0 Å². The molecule has 0 fully saturated rings. The average molecular weight is 136 g/mol. The minimum absolute atomic E-state index is 0.354. The standard InChI is InChI=1S/C6H8N4/c1-8-3-5-6(7)10(2)4-9-5/h3-4,7H,1H2,2H3/b5-3+,7-6?. The van der Waals surface area contributed by atoms with Crippen LogP contribution < -0.4 is 0 Å². The van der Waals surface area contributed by atoms with Gasteiger partial charge in [-0.25, -0.2) is 4.99 Å². The molecule has 0 aromatic heterocycles. The molecule has 0 spiro atoms. The summed E-state index contributed by atoms with van der Waals surface area (Å²) in [4.78, 5) is 9.01. The van der Waals surface area contributed by atoms with Crippen LogP contribution in [0.2, 0.25) is 0 Å². The number of aliphatic imine (C=N–C) groups is 2. The first-order valence-corrected chi connectivity index (χ1v) is 2.77. The summed E-state index contributed by atoms with van der Waals surface area (Å²) in [7, 11) is 1.76. The Bertz CT molecular complexity index is 226. The van der Waals surface area contributed by atoms with E-state index in [1.807, 2.05) is 0 Å². The predicted molar refractivity (Wildman–Crippen MR) is 41.6 cm³/mol. The second kappa shape index (κ2) is 2.43. The summed E-state index contributed by atoms with van der Waals surface area (Å²) in [6.07, 6.45) is 3.03. The lowest BCUT2D eigenvalue weighted by molar-refractivity contribution is 0.789. The molecule has 0 atom stereocenters. The summed E-state index contributed by atoms with van der Waals surface area (Å²) in [6.45, 7) is 3.27. The zero-order valence-electron chi connectivity index (χ0n) is 5.70. The Balaban J connectivity index is 2.85. The van der Waals surface area contributed by atoms with Gasteiger partial charge in [0.15, 0.2) is 5.84 Å². The Morgan fingerprint density at radius 1 is 1.90 bits per heavy atom. The predicted octanol–water partition coefficient (Wildman–Crippen LogP) is 0.479. The van der Waals surface area contributed by atoms with Crippen LogP contribution >= 0.6 is 0 Å². The molecule has 1 aliphatic rings. The molecule has 1 N–H and O–H groups in total. The average Bonchev–Trinajstić information content (AvgIpc) is 2.20. The summed E-state index contributed by atoms with van der Waals surface area (Å²) in [5.74, 6) is 0.354. The lowest BCUT2D eigenvalue weighted by atomic mass is 10.4. The van der Waals surface area contributed by atoms with Gasteiger partial charge in [0, 0.05) is 7.05 Å². The van der Waals surface area contributed by atoms with Crippen molar-refractivity contribution in [1.82, 2.24) is 4.90 Å². The smallest absolute Gasteiger partial charge is 0.153 e. The Kier molecular flexibility index (Phi) is 1.62. The van der Waals surface area contributed by atoms with Gasteiger partial charge in [0.25, 0.3) is 0 Å². The van der Waals surface area contributed by atoms with Crippen molar-refractivity contribution in [3.63, 3.8) is 0 Å². The monoisotopic (exact) mass is 136 g/mol. The van der Waals surface area contributed by atoms with Crippen molar-refractivity contribution in [2.45, 2.75) is 0 Å². The summed E-state index contributed by atoms with van der Waals surface area (Å²) in [5, 5.41) is 7.36. The highest BCUT2D eigenvalue weighted by Gasteiger charge is 2.12. The fourth-order valence-corrected chi connectivity index (χ4v) is 0.629. The van der Waals surface area contributed by atoms with Crippen LogP contribution in [-0.2, 0) is 0 Å². The molecule has 0 aromatic carbocycles. The molecule has 0 bridgehead atoms. The lowest BCUT2D eigenvalue weighted by Crippen LogP contribution is -2.18. The van der Waals surface area contributed by atoms with Gasteiger partial charge < -0.3 is 4.90 Å². The fourth-order valence-electron chi connectivity index (χ4n) is 0.629. The molecule has 4 heteroatoms. The summed E-state index contributed by atoms with van der Waals surface area (Å²) in [5.41, 5.74) is 0.553. The maximum Gasteiger partial charge on any atom is 0.153 e. The van der Waals surface area contributed by atoms with E-state index >= 15 is 0 Å². The molecule has 0 radical (unpaired) electrons. The fraction of sp³-hybridized carbons (Fsp3) is 0.167. The highest BCUT2D eigenvalue weighted by molar-refractivity contribution is 6.06. The molecule has 0 saturated carbocycles. The van der Waals surface area contributed by atoms with E-state index in [0.29, 0.717) is 11.5 Å². The number of hydrogen-bond donors (Lipinski definition) is 1. The van der Waals surface area contributed by atoms with Gasteiger partial charge in [-0.05, 0) is 6.72 Å². The number of likely N-dealkylation sites (N-methyl/N-ethyl adjacent to an activating group) is 1. The SMILES string of the molecule is C=N/C=C1/N=CN(C)C1=N. The van der Waals surface area contributed by atoms with Crippen LogP contribution in [0.1, 0.15) is 0 Å². The van der Waals surface area contributed by atoms with Gasteiger partial charge in [0.05, 0.1) is 12.5 Å². The third kappa shape index (κ3) is 0.953. The minimum atomic E-state index is 0.354. The van der Waals surface area contributed by atoms with E-state index in [-0.39, 0.29) is 0 Å². The van der Waals surface area contributed by atoms with Crippen LogP contribution in [-0.4, -0.2) is 30.8 Å². The largest absolute Gasteiger partial charge is 0.319 e. The molecule has 1 rings (SSSR count). The van der Waals surface area contributed by atoms with E-state index in [0.717, 1.165) is 0 Å². The molecule has 0 unspecified atom stereocenters. The molecule has 0 aliphatic carbocycles. The first-order chi connectivity index (χ1) is 4.75. The summed E-state index contributed by atoms with van der Waals surface area (Å²) in [6, 6.07) is 0. The van der Waals surface area contributed by atoms with E-state index in [1.165, 1.54) is 6.20 Å². The molecular weight excluding hydrogens is 128 g/mol. The highest BCUT2D eigenvalue weighted by Crippen LogP contribution is 2.07. The molecule has 0 amide bonds. The maximum absolute atomic E-state index is 7.36. The Morgan fingerprint density at radius 2 is 2.60 bits per heavy atom. The van der Waals surface area contributed by atoms with Crippen LogP contribution in [0.15, 0.2) is 21.9 Å². The van der Waals surface area contributed by atoms with Gasteiger partial charge in [-0.15, -0.1) is 0 Å². The molecule has 1 heterocycles. The number of nitrogens with one attached hydrogen (secondary N) is 1. The topological polar surface area (TPSA) is 51.8 Å². The van der Waals surface area contributed by atoms with Crippen LogP contribution in [0.25, 0.3) is 0 Å². The molecule has 0 saturated heterocycles.